The van der Waals surface area contributed by atoms with E-state index in [0.29, 0.717) is 17.2 Å². The van der Waals surface area contributed by atoms with E-state index in [0.717, 1.165) is 18.4 Å². The van der Waals surface area contributed by atoms with Gasteiger partial charge in [0.25, 0.3) is 0 Å². The molecule has 2 aliphatic rings. The molecule has 2 fully saturated rings. The zero-order valence-corrected chi connectivity index (χ0v) is 13.6. The van der Waals surface area contributed by atoms with E-state index >= 15 is 0 Å². The van der Waals surface area contributed by atoms with Crippen molar-refractivity contribution in [1.29, 1.82) is 0 Å². The molecule has 1 N–H and O–H groups in total. The fourth-order valence-electron chi connectivity index (χ4n) is 4.22. The van der Waals surface area contributed by atoms with Crippen molar-refractivity contribution in [3.8, 4) is 0 Å². The molecule has 0 saturated heterocycles. The molecule has 4 nitrogen and oxygen atoms in total. The number of carbonyl (C=O) groups is 1. The van der Waals surface area contributed by atoms with Gasteiger partial charge in [0.2, 0.25) is 0 Å². The Labute approximate surface area is 131 Å². The van der Waals surface area contributed by atoms with Crippen LogP contribution in [-0.2, 0) is 20.0 Å². The van der Waals surface area contributed by atoms with Crippen molar-refractivity contribution in [3.63, 3.8) is 0 Å². The molecule has 2 aliphatic carbocycles. The maximum absolute atomic E-state index is 11.6. The molecule has 5 heteroatoms. The van der Waals surface area contributed by atoms with Gasteiger partial charge in [-0.2, -0.15) is 0 Å². The molecule has 120 valence electrons. The number of hydrogen-bond acceptors (Lipinski definition) is 3. The summed E-state index contributed by atoms with van der Waals surface area (Å²) >= 11 is 0. The Morgan fingerprint density at radius 1 is 1.14 bits per heavy atom. The number of benzene rings is 1. The summed E-state index contributed by atoms with van der Waals surface area (Å²) in [4.78, 5) is 11.8. The summed E-state index contributed by atoms with van der Waals surface area (Å²) in [5.41, 5.74) is 0.724. The van der Waals surface area contributed by atoms with Crippen LogP contribution in [0, 0.1) is 11.8 Å². The van der Waals surface area contributed by atoms with Crippen LogP contribution in [0.5, 0.6) is 0 Å². The maximum atomic E-state index is 11.6. The highest BCUT2D eigenvalue weighted by atomic mass is 32.2. The van der Waals surface area contributed by atoms with Crippen molar-refractivity contribution in [2.24, 2.45) is 11.8 Å². The molecule has 1 aromatic carbocycles. The van der Waals surface area contributed by atoms with Crippen LogP contribution in [0.25, 0.3) is 0 Å². The van der Waals surface area contributed by atoms with Gasteiger partial charge in [0, 0.05) is 11.7 Å². The SMILES string of the molecule is CS(=O)(=O)c1ccc(C2(C3CCCCC3)CC2C(=O)O)cc1. The maximum Gasteiger partial charge on any atom is 0.307 e. The summed E-state index contributed by atoms with van der Waals surface area (Å²) in [6.07, 6.45) is 7.61. The predicted molar refractivity (Wildman–Crippen MR) is 83.5 cm³/mol. The quantitative estimate of drug-likeness (QED) is 0.925. The van der Waals surface area contributed by atoms with Gasteiger partial charge in [0.15, 0.2) is 9.84 Å². The first-order valence-electron chi connectivity index (χ1n) is 7.89. The average Bonchev–Trinajstić information content (AvgIpc) is 3.24. The Hall–Kier alpha value is -1.36. The van der Waals surface area contributed by atoms with Crippen LogP contribution in [0.3, 0.4) is 0 Å². The van der Waals surface area contributed by atoms with E-state index in [1.165, 1.54) is 25.5 Å². The van der Waals surface area contributed by atoms with E-state index in [1.54, 1.807) is 12.1 Å². The summed E-state index contributed by atoms with van der Waals surface area (Å²) in [6, 6.07) is 6.89. The smallest absolute Gasteiger partial charge is 0.307 e. The Bertz CT molecular complexity index is 671. The Morgan fingerprint density at radius 2 is 1.73 bits per heavy atom. The van der Waals surface area contributed by atoms with Gasteiger partial charge in [-0.05, 0) is 42.9 Å². The van der Waals surface area contributed by atoms with Gasteiger partial charge in [-0.3, -0.25) is 4.79 Å². The molecule has 1 aromatic rings. The lowest BCUT2D eigenvalue weighted by atomic mass is 9.73. The number of carboxylic acid groups (broad SMARTS) is 1. The van der Waals surface area contributed by atoms with Crippen LogP contribution in [0.1, 0.15) is 44.1 Å². The fourth-order valence-corrected chi connectivity index (χ4v) is 4.85. The van der Waals surface area contributed by atoms with Crippen molar-refractivity contribution in [3.05, 3.63) is 29.8 Å². The molecule has 22 heavy (non-hydrogen) atoms. The molecule has 2 saturated carbocycles. The molecule has 0 heterocycles. The summed E-state index contributed by atoms with van der Waals surface area (Å²) in [6.45, 7) is 0. The Morgan fingerprint density at radius 3 is 2.18 bits per heavy atom. The highest BCUT2D eigenvalue weighted by molar-refractivity contribution is 7.90. The van der Waals surface area contributed by atoms with Crippen molar-refractivity contribution < 1.29 is 18.3 Å². The average molecular weight is 322 g/mol. The minimum atomic E-state index is -3.22. The van der Waals surface area contributed by atoms with Crippen molar-refractivity contribution in [2.75, 3.05) is 6.26 Å². The second kappa shape index (κ2) is 5.37. The van der Waals surface area contributed by atoms with Crippen LogP contribution in [0.15, 0.2) is 29.2 Å². The van der Waals surface area contributed by atoms with Crippen molar-refractivity contribution >= 4 is 15.8 Å². The Balaban J connectivity index is 1.95. The zero-order chi connectivity index (χ0) is 16.0. The molecule has 0 aliphatic heterocycles. The molecular weight excluding hydrogens is 300 g/mol. The predicted octanol–water partition coefficient (Wildman–Crippen LogP) is 3.01. The largest absolute Gasteiger partial charge is 0.481 e. The molecule has 3 rings (SSSR count). The van der Waals surface area contributed by atoms with Gasteiger partial charge < -0.3 is 5.11 Å². The number of hydrogen-bond donors (Lipinski definition) is 1. The monoisotopic (exact) mass is 322 g/mol. The highest BCUT2D eigenvalue weighted by Gasteiger charge is 2.63. The number of sulfone groups is 1. The van der Waals surface area contributed by atoms with Crippen LogP contribution in [0.2, 0.25) is 0 Å². The summed E-state index contributed by atoms with van der Waals surface area (Å²) in [7, 11) is -3.22. The van der Waals surface area contributed by atoms with E-state index in [2.05, 4.69) is 0 Å². The van der Waals surface area contributed by atoms with Crippen LogP contribution < -0.4 is 0 Å². The lowest BCUT2D eigenvalue weighted by Gasteiger charge is -2.31. The van der Waals surface area contributed by atoms with Crippen LogP contribution >= 0.6 is 0 Å². The minimum Gasteiger partial charge on any atom is -0.481 e. The third kappa shape index (κ3) is 2.56. The molecule has 2 atom stereocenters. The first-order valence-corrected chi connectivity index (χ1v) is 9.78. The van der Waals surface area contributed by atoms with Gasteiger partial charge >= 0.3 is 5.97 Å². The van der Waals surface area contributed by atoms with Gasteiger partial charge in [-0.15, -0.1) is 0 Å². The number of carboxylic acids is 1. The van der Waals surface area contributed by atoms with Gasteiger partial charge in [-0.1, -0.05) is 31.4 Å². The summed E-state index contributed by atoms with van der Waals surface area (Å²) in [5.74, 6) is -0.635. The minimum absolute atomic E-state index is 0.276. The lowest BCUT2D eigenvalue weighted by Crippen LogP contribution is -2.27. The summed E-state index contributed by atoms with van der Waals surface area (Å²) in [5, 5.41) is 9.47. The molecule has 0 spiro atoms. The first kappa shape index (κ1) is 15.5. The van der Waals surface area contributed by atoms with E-state index < -0.39 is 15.8 Å². The third-order valence-corrected chi connectivity index (χ3v) is 6.58. The Kier molecular flexibility index (Phi) is 3.79. The molecule has 2 unspecified atom stereocenters. The zero-order valence-electron chi connectivity index (χ0n) is 12.8. The summed E-state index contributed by atoms with van der Waals surface area (Å²) < 4.78 is 23.2. The highest BCUT2D eigenvalue weighted by Crippen LogP contribution is 2.62. The van der Waals surface area contributed by atoms with Gasteiger partial charge in [0.05, 0.1) is 10.8 Å². The van der Waals surface area contributed by atoms with Crippen molar-refractivity contribution in [2.45, 2.75) is 48.8 Å². The number of rotatable bonds is 4. The first-order chi connectivity index (χ1) is 10.4. The molecule has 0 amide bonds. The number of aliphatic carboxylic acids is 1. The van der Waals surface area contributed by atoms with Gasteiger partial charge in [0.1, 0.15) is 0 Å². The second-order valence-corrected chi connectivity index (χ2v) is 8.78. The third-order valence-electron chi connectivity index (χ3n) is 5.46. The van der Waals surface area contributed by atoms with E-state index in [-0.39, 0.29) is 11.3 Å². The molecule has 0 radical (unpaired) electrons. The topological polar surface area (TPSA) is 71.4 Å². The van der Waals surface area contributed by atoms with E-state index in [4.69, 9.17) is 0 Å². The molecular formula is C17H22O4S. The second-order valence-electron chi connectivity index (χ2n) is 6.77. The van der Waals surface area contributed by atoms with Crippen LogP contribution in [0.4, 0.5) is 0 Å². The molecule has 0 aromatic heterocycles. The van der Waals surface area contributed by atoms with Crippen LogP contribution in [-0.4, -0.2) is 25.7 Å². The van der Waals surface area contributed by atoms with E-state index in [9.17, 15) is 18.3 Å². The van der Waals surface area contributed by atoms with Crippen molar-refractivity contribution in [1.82, 2.24) is 0 Å². The fraction of sp³-hybridized carbons (Fsp3) is 0.588. The lowest BCUT2D eigenvalue weighted by molar-refractivity contribution is -0.139. The molecule has 0 bridgehead atoms. The normalized spacial score (nSPS) is 29.2. The standard InChI is InChI=1S/C17H22O4S/c1-22(20,21)14-9-7-13(8-10-14)17(11-15(17)16(18)19)12-5-3-2-4-6-12/h7-10,12,15H,2-6,11H2,1H3,(H,18,19). The van der Waals surface area contributed by atoms with Gasteiger partial charge in [-0.25, -0.2) is 8.42 Å². The van der Waals surface area contributed by atoms with E-state index in [1.807, 2.05) is 12.1 Å².